The van der Waals surface area contributed by atoms with Gasteiger partial charge in [0.05, 0.1) is 39.0 Å². The maximum absolute atomic E-state index is 12.4. The van der Waals surface area contributed by atoms with Crippen LogP contribution in [0.1, 0.15) is 60.4 Å². The number of amides is 2. The number of carbonyl (C=O) groups is 3. The van der Waals surface area contributed by atoms with Gasteiger partial charge < -0.3 is 35.8 Å². The first kappa shape index (κ1) is 32.2. The van der Waals surface area contributed by atoms with Crippen molar-refractivity contribution in [1.82, 2.24) is 10.2 Å². The van der Waals surface area contributed by atoms with Crippen LogP contribution in [0.3, 0.4) is 0 Å². The Bertz CT molecular complexity index is 1130. The van der Waals surface area contributed by atoms with E-state index in [1.54, 1.807) is 0 Å². The molecule has 2 amide bonds. The molecule has 1 aromatic heterocycles. The smallest absolute Gasteiger partial charge is 0.237 e. The molecule has 1 saturated carbocycles. The highest BCUT2D eigenvalue weighted by Crippen LogP contribution is 2.40. The number of carbonyl (C=O) groups excluding carboxylic acids is 3. The number of nitrogens with zero attached hydrogens (tertiary/aromatic N) is 1. The lowest BCUT2D eigenvalue weighted by Crippen LogP contribution is -2.40. The molecule has 6 N–H and O–H groups in total. The predicted octanol–water partition coefficient (Wildman–Crippen LogP) is 2.51. The van der Waals surface area contributed by atoms with Gasteiger partial charge in [-0.3, -0.25) is 19.9 Å². The van der Waals surface area contributed by atoms with Crippen LogP contribution >= 0.6 is 11.3 Å². The van der Waals surface area contributed by atoms with Crippen LogP contribution in [0.2, 0.25) is 0 Å². The highest BCUT2D eigenvalue weighted by Gasteiger charge is 2.49. The number of hydrogen-bond donors (Lipinski definition) is 4. The van der Waals surface area contributed by atoms with Gasteiger partial charge in [0.1, 0.15) is 17.9 Å². The van der Waals surface area contributed by atoms with E-state index in [-0.39, 0.29) is 24.2 Å². The van der Waals surface area contributed by atoms with Crippen LogP contribution in [0.5, 0.6) is 5.75 Å². The van der Waals surface area contributed by atoms with Gasteiger partial charge in [-0.05, 0) is 62.4 Å². The summed E-state index contributed by atoms with van der Waals surface area (Å²) >= 11 is 1.48. The average Bonchev–Trinajstić information content (AvgIpc) is 3.36. The van der Waals surface area contributed by atoms with Crippen LogP contribution in [-0.2, 0) is 30.4 Å². The maximum Gasteiger partial charge on any atom is 0.237 e. The van der Waals surface area contributed by atoms with Crippen molar-refractivity contribution in [2.75, 3.05) is 33.4 Å². The third-order valence-corrected chi connectivity index (χ3v) is 7.90. The van der Waals surface area contributed by atoms with Gasteiger partial charge in [-0.25, -0.2) is 0 Å². The molecule has 2 aliphatic heterocycles. The first-order chi connectivity index (χ1) is 19.8. The summed E-state index contributed by atoms with van der Waals surface area (Å²) in [7, 11) is 1.91. The van der Waals surface area contributed by atoms with Crippen molar-refractivity contribution in [2.24, 2.45) is 11.5 Å². The van der Waals surface area contributed by atoms with E-state index in [4.69, 9.17) is 30.1 Å². The summed E-state index contributed by atoms with van der Waals surface area (Å²) in [6, 6.07) is 10.0. The number of aldehydes is 1. The first-order valence-corrected chi connectivity index (χ1v) is 14.7. The number of unbranched alkanes of at least 4 members (excludes halogenated alkanes) is 2. The lowest BCUT2D eigenvalue weighted by molar-refractivity contribution is -0.146. The molecule has 2 saturated heterocycles. The average molecular weight is 588 g/mol. The van der Waals surface area contributed by atoms with Gasteiger partial charge in [0.2, 0.25) is 12.3 Å². The summed E-state index contributed by atoms with van der Waals surface area (Å²) in [5.74, 6) is 1.15. The normalized spacial score (nSPS) is 18.9. The van der Waals surface area contributed by atoms with Gasteiger partial charge in [-0.15, -0.1) is 11.3 Å². The molecule has 11 nitrogen and oxygen atoms in total. The summed E-state index contributed by atoms with van der Waals surface area (Å²) in [6.07, 6.45) is 6.96. The highest BCUT2D eigenvalue weighted by atomic mass is 32.1. The third-order valence-electron chi connectivity index (χ3n) is 6.96. The molecule has 3 aliphatic rings. The molecule has 1 unspecified atom stereocenters. The monoisotopic (exact) mass is 587 g/mol. The fourth-order valence-corrected chi connectivity index (χ4v) is 5.51. The SMILES string of the molecule is CN1CC2(CC1C(=O)NCc1cc(C(=N)N)cs1)OCCO2.NC=O.O=CCCCCOc1ccc(C2CC2)cc1. The minimum absolute atomic E-state index is 0.0312. The van der Waals surface area contributed by atoms with E-state index in [1.165, 1.54) is 29.7 Å². The summed E-state index contributed by atoms with van der Waals surface area (Å²) < 4.78 is 16.9. The Morgan fingerprint density at radius 3 is 2.49 bits per heavy atom. The number of rotatable bonds is 11. The molecule has 0 bridgehead atoms. The van der Waals surface area contributed by atoms with E-state index in [0.29, 0.717) is 51.3 Å². The maximum atomic E-state index is 12.4. The Labute approximate surface area is 245 Å². The molecule has 41 heavy (non-hydrogen) atoms. The van der Waals surface area contributed by atoms with Crippen molar-refractivity contribution in [3.8, 4) is 5.75 Å². The van der Waals surface area contributed by atoms with Crippen molar-refractivity contribution in [2.45, 2.75) is 62.8 Å². The molecule has 1 aliphatic carbocycles. The van der Waals surface area contributed by atoms with Gasteiger partial charge in [0, 0.05) is 28.7 Å². The molecular formula is C29H41N5O6S. The Morgan fingerprint density at radius 1 is 1.22 bits per heavy atom. The Hall–Kier alpha value is -3.32. The van der Waals surface area contributed by atoms with E-state index >= 15 is 0 Å². The number of hydrogen-bond acceptors (Lipinski definition) is 9. The van der Waals surface area contributed by atoms with Crippen LogP contribution in [0.25, 0.3) is 0 Å². The number of nitrogens with two attached hydrogens (primary N) is 2. The minimum Gasteiger partial charge on any atom is -0.494 e. The topological polar surface area (TPSA) is 170 Å². The zero-order valence-electron chi connectivity index (χ0n) is 23.5. The highest BCUT2D eigenvalue weighted by molar-refractivity contribution is 7.10. The number of ether oxygens (including phenoxy) is 3. The molecule has 1 atom stereocenters. The molecule has 0 radical (unpaired) electrons. The van der Waals surface area contributed by atoms with Crippen molar-refractivity contribution >= 4 is 35.8 Å². The second-order valence-corrected chi connectivity index (χ2v) is 11.2. The zero-order chi connectivity index (χ0) is 29.7. The fourth-order valence-electron chi connectivity index (χ4n) is 4.68. The Morgan fingerprint density at radius 2 is 1.90 bits per heavy atom. The van der Waals surface area contributed by atoms with E-state index in [0.717, 1.165) is 35.7 Å². The van der Waals surface area contributed by atoms with Gasteiger partial charge in [-0.1, -0.05) is 12.1 Å². The first-order valence-electron chi connectivity index (χ1n) is 13.8. The van der Waals surface area contributed by atoms with Crippen molar-refractivity contribution in [3.63, 3.8) is 0 Å². The molecule has 5 rings (SSSR count). The van der Waals surface area contributed by atoms with Crippen molar-refractivity contribution < 1.29 is 28.6 Å². The minimum atomic E-state index is -0.610. The number of nitrogen functional groups attached to an aromatic ring is 1. The van der Waals surface area contributed by atoms with E-state index < -0.39 is 5.79 Å². The van der Waals surface area contributed by atoms with Crippen molar-refractivity contribution in [3.05, 3.63) is 51.7 Å². The second-order valence-electron chi connectivity index (χ2n) is 10.2. The summed E-state index contributed by atoms with van der Waals surface area (Å²) in [6.45, 7) is 2.93. The number of nitrogens with one attached hydrogen (secondary N) is 2. The van der Waals surface area contributed by atoms with Gasteiger partial charge in [0.15, 0.2) is 5.79 Å². The van der Waals surface area contributed by atoms with Gasteiger partial charge in [-0.2, -0.15) is 0 Å². The Kier molecular flexibility index (Phi) is 12.7. The quantitative estimate of drug-likeness (QED) is 0.134. The van der Waals surface area contributed by atoms with Gasteiger partial charge in [0.25, 0.3) is 0 Å². The molecule has 3 fully saturated rings. The largest absolute Gasteiger partial charge is 0.494 e. The second kappa shape index (κ2) is 16.2. The lowest BCUT2D eigenvalue weighted by atomic mass is 10.1. The molecule has 1 aromatic carbocycles. The van der Waals surface area contributed by atoms with Gasteiger partial charge >= 0.3 is 0 Å². The summed E-state index contributed by atoms with van der Waals surface area (Å²) in [4.78, 5) is 34.0. The van der Waals surface area contributed by atoms with Crippen LogP contribution in [0.15, 0.2) is 35.7 Å². The number of likely N-dealkylation sites (N-methyl/N-ethyl adjacent to an activating group) is 1. The molecule has 1 spiro atoms. The number of thiophene rings is 1. The number of likely N-dealkylation sites (tertiary alicyclic amines) is 1. The van der Waals surface area contributed by atoms with E-state index in [1.807, 2.05) is 35.5 Å². The third kappa shape index (κ3) is 10.2. The number of primary amides is 1. The standard InChI is InChI=1S/C14H20N4O3S.C14H18O2.CH3NO/c1-18-8-14(20-2-3-21-14)5-11(18)13(19)17-6-10-4-9(7-22-10)12(15)16;15-10-2-1-3-11-16-14-8-6-13(7-9-14)12-4-5-12;2-1-3/h4,7,11H,2-3,5-6,8H2,1H3,(H3,15,16)(H,17,19);6-10,12H,1-5,11H2;1H,(H2,2,3). The fraction of sp³-hybridized carbons (Fsp3) is 0.517. The van der Waals surface area contributed by atoms with Crippen LogP contribution < -0.4 is 21.5 Å². The van der Waals surface area contributed by atoms with Crippen molar-refractivity contribution in [1.29, 1.82) is 5.41 Å². The predicted molar refractivity (Wildman–Crippen MR) is 157 cm³/mol. The van der Waals surface area contributed by atoms with E-state index in [2.05, 4.69) is 23.2 Å². The molecule has 3 heterocycles. The zero-order valence-corrected chi connectivity index (χ0v) is 24.3. The molecule has 224 valence electrons. The molecular weight excluding hydrogens is 546 g/mol. The lowest BCUT2D eigenvalue weighted by Gasteiger charge is -2.20. The van der Waals surface area contributed by atoms with Crippen LogP contribution in [0.4, 0.5) is 0 Å². The Balaban J connectivity index is 0.000000215. The van der Waals surface area contributed by atoms with Crippen LogP contribution in [-0.4, -0.2) is 74.6 Å². The number of benzene rings is 1. The van der Waals surface area contributed by atoms with E-state index in [9.17, 15) is 9.59 Å². The number of amidine groups is 1. The molecule has 12 heteroatoms. The van der Waals surface area contributed by atoms with Crippen LogP contribution in [0, 0.1) is 5.41 Å². The summed E-state index contributed by atoms with van der Waals surface area (Å²) in [5.41, 5.74) is 11.7. The molecule has 2 aromatic rings. The summed E-state index contributed by atoms with van der Waals surface area (Å²) in [5, 5.41) is 12.1.